The predicted molar refractivity (Wildman–Crippen MR) is 251 cm³/mol. The van der Waals surface area contributed by atoms with E-state index in [4.69, 9.17) is 11.5 Å². The number of nitrogens with two attached hydrogens (primary N) is 2. The first kappa shape index (κ1) is 52.7. The van der Waals surface area contributed by atoms with E-state index in [0.717, 1.165) is 5.56 Å². The van der Waals surface area contributed by atoms with Crippen LogP contribution < -0.4 is 48.7 Å². The molecule has 20 heteroatoms. The number of likely N-dealkylation sites (tertiary alicyclic amines) is 1. The summed E-state index contributed by atoms with van der Waals surface area (Å²) in [4.78, 5) is 122. The van der Waals surface area contributed by atoms with E-state index in [0.29, 0.717) is 30.4 Å². The first-order valence-corrected chi connectivity index (χ1v) is 23.3. The first-order valence-electron chi connectivity index (χ1n) is 23.3. The SMILES string of the molecule is CC(C)CC[C@H](NC(=O)[C@@H]1CCCN1C(=O)[C@H](CCCN)NC(=O)[C@H](Cc1ccccc1)NC(=O)[C@@H]1CC(=O)NC(=O)N1)C(=O)N[C@@H](Cc1ccc(F)cc1)C(=O)N[C@@H](Cc1ccccc1)C(N)=O. The fourth-order valence-electron chi connectivity index (χ4n) is 8.17. The van der Waals surface area contributed by atoms with Gasteiger partial charge in [0, 0.05) is 25.8 Å². The van der Waals surface area contributed by atoms with Gasteiger partial charge in [0.15, 0.2) is 0 Å². The monoisotopic (exact) mass is 954 g/mol. The van der Waals surface area contributed by atoms with Gasteiger partial charge in [0.2, 0.25) is 47.3 Å². The number of hydrogen-bond acceptors (Lipinski definition) is 10. The maximum atomic E-state index is 14.5. The number of halogens is 1. The third-order valence-corrected chi connectivity index (χ3v) is 11.9. The van der Waals surface area contributed by atoms with Gasteiger partial charge in [0.25, 0.3) is 0 Å². The van der Waals surface area contributed by atoms with Crippen LogP contribution in [0, 0.1) is 11.7 Å². The van der Waals surface area contributed by atoms with Crippen LogP contribution in [0.5, 0.6) is 0 Å². The lowest BCUT2D eigenvalue weighted by Crippen LogP contribution is -2.61. The van der Waals surface area contributed by atoms with Crippen molar-refractivity contribution >= 4 is 53.3 Å². The van der Waals surface area contributed by atoms with E-state index in [1.807, 2.05) is 13.8 Å². The summed E-state index contributed by atoms with van der Waals surface area (Å²) in [7, 11) is 0. The summed E-state index contributed by atoms with van der Waals surface area (Å²) in [6, 6.07) is 13.8. The van der Waals surface area contributed by atoms with E-state index in [2.05, 4.69) is 37.2 Å². The molecule has 2 saturated heterocycles. The third kappa shape index (κ3) is 16.2. The number of hydrogen-bond donors (Lipinski definition) is 9. The van der Waals surface area contributed by atoms with Crippen molar-refractivity contribution < 1.29 is 47.5 Å². The van der Waals surface area contributed by atoms with Crippen LogP contribution in [0.3, 0.4) is 0 Å². The molecule has 2 aliphatic rings. The Labute approximate surface area is 400 Å². The van der Waals surface area contributed by atoms with Crippen LogP contribution in [0.1, 0.15) is 75.5 Å². The van der Waals surface area contributed by atoms with E-state index >= 15 is 0 Å². The molecule has 11 N–H and O–H groups in total. The number of primary amides is 1. The highest BCUT2D eigenvalue weighted by Crippen LogP contribution is 2.21. The highest BCUT2D eigenvalue weighted by atomic mass is 19.1. The maximum Gasteiger partial charge on any atom is 0.322 e. The van der Waals surface area contributed by atoms with Crippen molar-refractivity contribution in [1.29, 1.82) is 0 Å². The van der Waals surface area contributed by atoms with Gasteiger partial charge in [0.1, 0.15) is 48.1 Å². The molecule has 0 aromatic heterocycles. The summed E-state index contributed by atoms with van der Waals surface area (Å²) in [6.07, 6.45) is 1.26. The van der Waals surface area contributed by atoms with Crippen molar-refractivity contribution in [2.45, 2.75) is 120 Å². The standard InChI is InChI=1S/C49H63FN10O9/c1-29(2)17-22-34(43(63)56-38(27-32-18-20-33(50)21-19-32)45(65)55-36(42(52)62)25-30-11-5-3-6-12-30)53-47(67)40-16-10-24-60(40)48(68)35(15-9-23-51)54-44(64)37(26-31-13-7-4-8-14-31)57-46(66)39-28-41(61)59-49(69)58-39/h3-8,11-14,18-21,29,34-40H,9-10,15-17,22-28,51H2,1-2H3,(H2,52,62)(H,53,67)(H,54,64)(H,55,65)(H,56,63)(H,57,66)(H2,58,59,61,69)/t34-,35-,36-,37-,38-,39-,40-/m0/s1. The molecule has 2 fully saturated rings. The molecule has 3 aromatic carbocycles. The molecule has 2 heterocycles. The lowest BCUT2D eigenvalue weighted by Gasteiger charge is -2.31. The van der Waals surface area contributed by atoms with Gasteiger partial charge in [-0.05, 0) is 79.8 Å². The normalized spacial score (nSPS) is 17.8. The first-order chi connectivity index (χ1) is 33.0. The van der Waals surface area contributed by atoms with Crippen LogP contribution in [0.4, 0.5) is 9.18 Å². The van der Waals surface area contributed by atoms with Gasteiger partial charge in [-0.1, -0.05) is 86.6 Å². The molecule has 370 valence electrons. The quantitative estimate of drug-likeness (QED) is 0.0600. The van der Waals surface area contributed by atoms with Gasteiger partial charge >= 0.3 is 6.03 Å². The minimum Gasteiger partial charge on any atom is -0.368 e. The van der Waals surface area contributed by atoms with Gasteiger partial charge < -0.3 is 48.3 Å². The number of amides is 10. The molecule has 7 atom stereocenters. The summed E-state index contributed by atoms with van der Waals surface area (Å²) in [6.45, 7) is 4.19. The molecule has 19 nitrogen and oxygen atoms in total. The van der Waals surface area contributed by atoms with E-state index in [1.54, 1.807) is 60.7 Å². The fourth-order valence-corrected chi connectivity index (χ4v) is 8.17. The predicted octanol–water partition coefficient (Wildman–Crippen LogP) is 0.527. The van der Waals surface area contributed by atoms with Crippen molar-refractivity contribution in [3.8, 4) is 0 Å². The molecule has 0 radical (unpaired) electrons. The van der Waals surface area contributed by atoms with E-state index in [9.17, 15) is 47.5 Å². The van der Waals surface area contributed by atoms with Gasteiger partial charge in [-0.15, -0.1) is 0 Å². The summed E-state index contributed by atoms with van der Waals surface area (Å²) < 4.78 is 13.9. The number of nitrogens with one attached hydrogen (secondary N) is 7. The Morgan fingerprint density at radius 1 is 0.667 bits per heavy atom. The van der Waals surface area contributed by atoms with Crippen LogP contribution in [-0.4, -0.2) is 114 Å². The van der Waals surface area contributed by atoms with Gasteiger partial charge in [-0.3, -0.25) is 43.7 Å². The number of urea groups is 1. The molecular weight excluding hydrogens is 892 g/mol. The zero-order chi connectivity index (χ0) is 50.0. The van der Waals surface area contributed by atoms with Crippen molar-refractivity contribution in [2.75, 3.05) is 13.1 Å². The number of rotatable bonds is 24. The Morgan fingerprint density at radius 2 is 1.19 bits per heavy atom. The summed E-state index contributed by atoms with van der Waals surface area (Å²) in [5.41, 5.74) is 13.4. The number of imide groups is 1. The second-order valence-corrected chi connectivity index (χ2v) is 17.8. The Bertz CT molecular complexity index is 2270. The number of benzene rings is 3. The molecule has 0 aliphatic carbocycles. The Morgan fingerprint density at radius 3 is 1.75 bits per heavy atom. The minimum atomic E-state index is -1.30. The van der Waals surface area contributed by atoms with Crippen LogP contribution >= 0.6 is 0 Å². The van der Waals surface area contributed by atoms with E-state index in [1.165, 1.54) is 29.2 Å². The van der Waals surface area contributed by atoms with Crippen LogP contribution in [-0.2, 0) is 57.6 Å². The Hall–Kier alpha value is -7.22. The van der Waals surface area contributed by atoms with Crippen LogP contribution in [0.15, 0.2) is 84.9 Å². The van der Waals surface area contributed by atoms with E-state index < -0.39 is 101 Å². The Kier molecular flexibility index (Phi) is 19.7. The van der Waals surface area contributed by atoms with E-state index in [-0.39, 0.29) is 64.0 Å². The molecule has 0 saturated carbocycles. The van der Waals surface area contributed by atoms with Crippen LogP contribution in [0.2, 0.25) is 0 Å². The minimum absolute atomic E-state index is 0.0104. The highest BCUT2D eigenvalue weighted by molar-refractivity contribution is 6.03. The average Bonchev–Trinajstić information content (AvgIpc) is 3.82. The lowest BCUT2D eigenvalue weighted by atomic mass is 10.00. The molecule has 3 aromatic rings. The number of nitrogens with zero attached hydrogens (tertiary/aromatic N) is 1. The third-order valence-electron chi connectivity index (χ3n) is 11.9. The van der Waals surface area contributed by atoms with Crippen LogP contribution in [0.25, 0.3) is 0 Å². The van der Waals surface area contributed by atoms with Gasteiger partial charge in [0.05, 0.1) is 6.42 Å². The smallest absolute Gasteiger partial charge is 0.322 e. The zero-order valence-corrected chi connectivity index (χ0v) is 38.8. The molecule has 0 unspecified atom stereocenters. The summed E-state index contributed by atoms with van der Waals surface area (Å²) >= 11 is 0. The topological polar surface area (TPSA) is 293 Å². The maximum absolute atomic E-state index is 14.5. The summed E-state index contributed by atoms with van der Waals surface area (Å²) in [5, 5.41) is 18.0. The summed E-state index contributed by atoms with van der Waals surface area (Å²) in [5.74, 6) is -6.09. The molecule has 2 aliphatic heterocycles. The second kappa shape index (κ2) is 25.8. The molecule has 69 heavy (non-hydrogen) atoms. The number of carbonyl (C=O) groups excluding carboxylic acids is 9. The highest BCUT2D eigenvalue weighted by Gasteiger charge is 2.40. The molecule has 0 bridgehead atoms. The zero-order valence-electron chi connectivity index (χ0n) is 38.8. The lowest BCUT2D eigenvalue weighted by molar-refractivity contribution is -0.142. The van der Waals surface area contributed by atoms with Gasteiger partial charge in [-0.2, -0.15) is 0 Å². The second-order valence-electron chi connectivity index (χ2n) is 17.8. The van der Waals surface area contributed by atoms with Crippen molar-refractivity contribution in [2.24, 2.45) is 17.4 Å². The molecule has 10 amide bonds. The average molecular weight is 955 g/mol. The van der Waals surface area contributed by atoms with Crippen molar-refractivity contribution in [3.05, 3.63) is 107 Å². The van der Waals surface area contributed by atoms with Gasteiger partial charge in [-0.25, -0.2) is 9.18 Å². The van der Waals surface area contributed by atoms with Crippen molar-refractivity contribution in [1.82, 2.24) is 42.1 Å². The van der Waals surface area contributed by atoms with Crippen molar-refractivity contribution in [3.63, 3.8) is 0 Å². The molecule has 5 rings (SSSR count). The number of carbonyl (C=O) groups is 9. The fraction of sp³-hybridized carbons (Fsp3) is 0.449. The molecular formula is C49H63FN10O9. The Balaban J connectivity index is 1.33. The largest absolute Gasteiger partial charge is 0.368 e. The molecule has 0 spiro atoms.